The number of pyridine rings is 1. The molecular formula is C32H33F2N5O2. The lowest BCUT2D eigenvalue weighted by Crippen LogP contribution is -2.28. The summed E-state index contributed by atoms with van der Waals surface area (Å²) >= 11 is 0. The van der Waals surface area contributed by atoms with E-state index in [4.69, 9.17) is 9.72 Å². The quantitative estimate of drug-likeness (QED) is 0.269. The van der Waals surface area contributed by atoms with E-state index in [1.807, 2.05) is 36.7 Å². The number of halogens is 2. The molecule has 2 aliphatic rings. The van der Waals surface area contributed by atoms with Crippen LogP contribution in [0, 0.1) is 30.4 Å². The molecule has 7 nitrogen and oxygen atoms in total. The van der Waals surface area contributed by atoms with Gasteiger partial charge in [0, 0.05) is 48.5 Å². The maximum absolute atomic E-state index is 16.9. The van der Waals surface area contributed by atoms with Gasteiger partial charge in [0.15, 0.2) is 5.82 Å². The van der Waals surface area contributed by atoms with E-state index in [0.717, 1.165) is 29.8 Å². The predicted octanol–water partition coefficient (Wildman–Crippen LogP) is 6.21. The summed E-state index contributed by atoms with van der Waals surface area (Å²) in [4.78, 5) is 4.85. The van der Waals surface area contributed by atoms with Crippen molar-refractivity contribution >= 4 is 21.9 Å². The molecule has 3 aromatic heterocycles. The van der Waals surface area contributed by atoms with Gasteiger partial charge in [-0.05, 0) is 63.5 Å². The zero-order valence-electron chi connectivity index (χ0n) is 23.4. The second-order valence-corrected chi connectivity index (χ2v) is 11.8. The molecule has 2 aromatic carbocycles. The van der Waals surface area contributed by atoms with Gasteiger partial charge in [-0.25, -0.2) is 13.5 Å². The van der Waals surface area contributed by atoms with Crippen molar-refractivity contribution in [2.45, 2.75) is 51.2 Å². The van der Waals surface area contributed by atoms with Crippen LogP contribution in [-0.4, -0.2) is 42.9 Å². The highest BCUT2D eigenvalue weighted by atomic mass is 19.1. The second kappa shape index (κ2) is 9.70. The normalized spacial score (nSPS) is 18.7. The highest BCUT2D eigenvalue weighted by molar-refractivity contribution is 6.07. The van der Waals surface area contributed by atoms with Gasteiger partial charge in [-0.2, -0.15) is 0 Å². The molecule has 1 aliphatic carbocycles. The summed E-state index contributed by atoms with van der Waals surface area (Å²) in [5.74, 6) is -0.813. The zero-order valence-corrected chi connectivity index (χ0v) is 23.4. The molecule has 2 atom stereocenters. The van der Waals surface area contributed by atoms with Crippen LogP contribution in [0.5, 0.6) is 0 Å². The smallest absolute Gasteiger partial charge is 0.153 e. The van der Waals surface area contributed by atoms with E-state index < -0.39 is 17.5 Å². The minimum Gasteiger partial charge on any atom is -0.385 e. The predicted molar refractivity (Wildman–Crippen MR) is 152 cm³/mol. The summed E-state index contributed by atoms with van der Waals surface area (Å²) < 4.78 is 41.9. The first-order valence-corrected chi connectivity index (χ1v) is 14.3. The van der Waals surface area contributed by atoms with Gasteiger partial charge < -0.3 is 14.4 Å². The molecule has 0 unspecified atom stereocenters. The lowest BCUT2D eigenvalue weighted by Gasteiger charge is -2.33. The van der Waals surface area contributed by atoms with E-state index in [9.17, 15) is 5.11 Å². The van der Waals surface area contributed by atoms with Gasteiger partial charge in [-0.1, -0.05) is 35.5 Å². The average molecular weight is 558 g/mol. The number of hydrogen-bond acceptors (Lipinski definition) is 5. The number of hydrogen-bond donors (Lipinski definition) is 1. The van der Waals surface area contributed by atoms with Crippen LogP contribution >= 0.6 is 0 Å². The monoisotopic (exact) mass is 557 g/mol. The Labute approximate surface area is 236 Å². The van der Waals surface area contributed by atoms with Crippen LogP contribution in [0.2, 0.25) is 0 Å². The summed E-state index contributed by atoms with van der Waals surface area (Å²) in [6, 6.07) is 11.8. The molecule has 212 valence electrons. The van der Waals surface area contributed by atoms with Crippen molar-refractivity contribution < 1.29 is 18.6 Å². The summed E-state index contributed by atoms with van der Waals surface area (Å²) in [6.45, 7) is 4.70. The second-order valence-electron chi connectivity index (χ2n) is 11.8. The van der Waals surface area contributed by atoms with Gasteiger partial charge in [0.2, 0.25) is 0 Å². The molecule has 1 N–H and O–H groups in total. The summed E-state index contributed by atoms with van der Waals surface area (Å²) in [5.41, 5.74) is 3.47. The Bertz CT molecular complexity index is 1760. The summed E-state index contributed by atoms with van der Waals surface area (Å²) in [5, 5.41) is 20.5. The van der Waals surface area contributed by atoms with Crippen molar-refractivity contribution in [1.29, 1.82) is 0 Å². The maximum atomic E-state index is 16.9. The Morgan fingerprint density at radius 3 is 2.51 bits per heavy atom. The Kier molecular flexibility index (Phi) is 6.21. The van der Waals surface area contributed by atoms with Crippen molar-refractivity contribution in [2.75, 3.05) is 13.2 Å². The molecule has 1 saturated carbocycles. The number of aromatic nitrogens is 5. The number of nitrogens with zero attached hydrogens (tertiary/aromatic N) is 5. The van der Waals surface area contributed by atoms with Crippen molar-refractivity contribution in [2.24, 2.45) is 18.9 Å². The number of benzene rings is 2. The minimum absolute atomic E-state index is 0.00443. The van der Waals surface area contributed by atoms with Crippen molar-refractivity contribution in [3.05, 3.63) is 77.1 Å². The Balaban J connectivity index is 1.58. The third kappa shape index (κ3) is 4.16. The topological polar surface area (TPSA) is 78.0 Å². The Hall–Kier alpha value is -3.69. The standard InChI is InChI=1S/C32H33F2N5O2/c1-18-29(38(3)37-36-18)20-16-26-28(35-17-20)23-10-11-24(32(2,40)21-8-9-21)27(34)31(23)39(26)30(19-12-14-41-15-13-19)22-6-4-5-7-25(22)33/h4-7,10-11,16-17,19,21,30,40H,8-9,12-15H2,1-3H3/t30-,32-/m0/s1. The van der Waals surface area contributed by atoms with Gasteiger partial charge >= 0.3 is 0 Å². The lowest BCUT2D eigenvalue weighted by molar-refractivity contribution is 0.0297. The first-order valence-electron chi connectivity index (χ1n) is 14.3. The number of rotatable bonds is 6. The molecule has 2 fully saturated rings. The molecule has 1 aliphatic heterocycles. The fourth-order valence-electron chi connectivity index (χ4n) is 6.84. The lowest BCUT2D eigenvalue weighted by atomic mass is 9.86. The number of aliphatic hydroxyl groups is 1. The van der Waals surface area contributed by atoms with E-state index in [0.29, 0.717) is 53.6 Å². The molecular weight excluding hydrogens is 524 g/mol. The largest absolute Gasteiger partial charge is 0.385 e. The molecule has 5 aromatic rings. The number of ether oxygens (including phenoxy) is 1. The van der Waals surface area contributed by atoms with Crippen LogP contribution in [0.4, 0.5) is 8.78 Å². The molecule has 9 heteroatoms. The van der Waals surface area contributed by atoms with E-state index in [1.54, 1.807) is 36.0 Å². The highest BCUT2D eigenvalue weighted by Gasteiger charge is 2.44. The highest BCUT2D eigenvalue weighted by Crippen LogP contribution is 2.49. The Morgan fingerprint density at radius 2 is 1.83 bits per heavy atom. The van der Waals surface area contributed by atoms with E-state index >= 15 is 8.78 Å². The minimum atomic E-state index is -1.30. The molecule has 0 spiro atoms. The van der Waals surface area contributed by atoms with Crippen LogP contribution in [0.3, 0.4) is 0 Å². The van der Waals surface area contributed by atoms with Crippen molar-refractivity contribution in [1.82, 2.24) is 24.5 Å². The SMILES string of the molecule is Cc1nnn(C)c1-c1cnc2c3ccc([C@@](C)(O)C4CC4)c(F)c3n([C@H](c3ccccc3F)C3CCOCC3)c2c1. The molecule has 7 rings (SSSR count). The van der Waals surface area contributed by atoms with Crippen LogP contribution in [0.1, 0.15) is 55.5 Å². The average Bonchev–Trinajstić information content (AvgIpc) is 3.72. The molecule has 41 heavy (non-hydrogen) atoms. The first kappa shape index (κ1) is 26.2. The van der Waals surface area contributed by atoms with E-state index in [1.165, 1.54) is 6.07 Å². The van der Waals surface area contributed by atoms with Gasteiger partial charge in [0.1, 0.15) is 5.82 Å². The van der Waals surface area contributed by atoms with Crippen LogP contribution in [0.15, 0.2) is 48.7 Å². The van der Waals surface area contributed by atoms with Crippen LogP contribution in [0.25, 0.3) is 33.2 Å². The maximum Gasteiger partial charge on any atom is 0.153 e. The zero-order chi connectivity index (χ0) is 28.5. The number of aryl methyl sites for hydroxylation is 2. The third-order valence-corrected chi connectivity index (χ3v) is 9.14. The van der Waals surface area contributed by atoms with Gasteiger partial charge in [-0.3, -0.25) is 4.98 Å². The fourth-order valence-corrected chi connectivity index (χ4v) is 6.84. The molecule has 1 saturated heterocycles. The van der Waals surface area contributed by atoms with Gasteiger partial charge in [0.25, 0.3) is 0 Å². The van der Waals surface area contributed by atoms with Gasteiger partial charge in [-0.15, -0.1) is 5.10 Å². The first-order chi connectivity index (χ1) is 19.8. The number of fused-ring (bicyclic) bond motifs is 3. The van der Waals surface area contributed by atoms with Crippen LogP contribution < -0.4 is 0 Å². The molecule has 0 amide bonds. The van der Waals surface area contributed by atoms with Crippen molar-refractivity contribution in [3.8, 4) is 11.3 Å². The third-order valence-electron chi connectivity index (χ3n) is 9.14. The molecule has 4 heterocycles. The van der Waals surface area contributed by atoms with E-state index in [-0.39, 0.29) is 23.2 Å². The Morgan fingerprint density at radius 1 is 1.07 bits per heavy atom. The summed E-state index contributed by atoms with van der Waals surface area (Å²) in [6.07, 6.45) is 4.89. The van der Waals surface area contributed by atoms with E-state index in [2.05, 4.69) is 10.3 Å². The van der Waals surface area contributed by atoms with Gasteiger partial charge in [0.05, 0.1) is 39.6 Å². The van der Waals surface area contributed by atoms with Crippen molar-refractivity contribution in [3.63, 3.8) is 0 Å². The molecule has 0 radical (unpaired) electrons. The fraction of sp³-hybridized carbons (Fsp3) is 0.406. The van der Waals surface area contributed by atoms with Crippen LogP contribution in [-0.2, 0) is 17.4 Å². The summed E-state index contributed by atoms with van der Waals surface area (Å²) in [7, 11) is 1.82. The molecule has 0 bridgehead atoms.